The van der Waals surface area contributed by atoms with Crippen LogP contribution in [0.1, 0.15) is 66.0 Å². The molecule has 11 nitrogen and oxygen atoms in total. The summed E-state index contributed by atoms with van der Waals surface area (Å²) in [5.41, 5.74) is 12.6. The van der Waals surface area contributed by atoms with E-state index in [4.69, 9.17) is 15.2 Å². The zero-order valence-electron chi connectivity index (χ0n) is 26.6. The van der Waals surface area contributed by atoms with Crippen LogP contribution in [0.3, 0.4) is 0 Å². The summed E-state index contributed by atoms with van der Waals surface area (Å²) in [5, 5.41) is 12.1. The number of nitrogens with zero attached hydrogens (tertiary/aromatic N) is 1. The van der Waals surface area contributed by atoms with Gasteiger partial charge in [0.05, 0.1) is 4.90 Å². The maximum absolute atomic E-state index is 13.4. The van der Waals surface area contributed by atoms with E-state index in [0.717, 1.165) is 39.1 Å². The van der Waals surface area contributed by atoms with Gasteiger partial charge in [0.1, 0.15) is 24.0 Å². The molecule has 0 saturated carbocycles. The Morgan fingerprint density at radius 2 is 1.65 bits per heavy atom. The zero-order valence-corrected chi connectivity index (χ0v) is 27.5. The Bertz CT molecular complexity index is 1790. The minimum atomic E-state index is -4.06. The number of hydrogen-bond donors (Lipinski definition) is 4. The zero-order chi connectivity index (χ0) is 33.4. The average molecular weight is 655 g/mol. The molecule has 0 fully saturated rings. The Morgan fingerprint density at radius 3 is 2.26 bits per heavy atom. The van der Waals surface area contributed by atoms with E-state index in [1.807, 2.05) is 69.3 Å². The predicted octanol–water partition coefficient (Wildman–Crippen LogP) is 4.69. The first-order valence-corrected chi connectivity index (χ1v) is 16.7. The monoisotopic (exact) mass is 654 g/mol. The highest BCUT2D eigenvalue weighted by molar-refractivity contribution is 7.90. The van der Waals surface area contributed by atoms with E-state index in [1.165, 1.54) is 0 Å². The molecule has 244 valence electrons. The second-order valence-corrected chi connectivity index (χ2v) is 14.0. The highest BCUT2D eigenvalue weighted by Gasteiger charge is 2.37. The third-order valence-corrected chi connectivity index (χ3v) is 10.3. The third-order valence-electron chi connectivity index (χ3n) is 8.67. The van der Waals surface area contributed by atoms with Crippen molar-refractivity contribution < 1.29 is 32.6 Å². The molecule has 2 aliphatic rings. The average Bonchev–Trinajstić information content (AvgIpc) is 3.50. The van der Waals surface area contributed by atoms with Gasteiger partial charge in [0, 0.05) is 24.4 Å². The normalized spacial score (nSPS) is 15.7. The van der Waals surface area contributed by atoms with Crippen molar-refractivity contribution in [3.05, 3.63) is 81.9 Å². The van der Waals surface area contributed by atoms with Gasteiger partial charge in [0.2, 0.25) is 5.96 Å². The van der Waals surface area contributed by atoms with Crippen LogP contribution >= 0.6 is 0 Å². The Morgan fingerprint density at radius 1 is 1.04 bits per heavy atom. The number of sulfonamides is 1. The summed E-state index contributed by atoms with van der Waals surface area (Å²) in [6.45, 7) is 9.33. The number of hydrogen-bond acceptors (Lipinski definition) is 7. The molecular weight excluding hydrogens is 614 g/mol. The number of benzene rings is 3. The molecule has 1 aliphatic carbocycles. The topological polar surface area (TPSA) is 169 Å². The number of nitrogens with two attached hydrogens (primary N) is 1. The molecule has 5 rings (SSSR count). The van der Waals surface area contributed by atoms with Gasteiger partial charge < -0.3 is 25.6 Å². The van der Waals surface area contributed by atoms with Crippen molar-refractivity contribution in [2.24, 2.45) is 10.7 Å². The van der Waals surface area contributed by atoms with Gasteiger partial charge in [0.15, 0.2) is 0 Å². The Labute approximate surface area is 269 Å². The number of alkyl carbamates (subject to hydrolysis) is 1. The van der Waals surface area contributed by atoms with Crippen molar-refractivity contribution in [1.29, 1.82) is 0 Å². The van der Waals surface area contributed by atoms with E-state index in [0.29, 0.717) is 17.5 Å². The molecule has 1 amide bonds. The van der Waals surface area contributed by atoms with Crippen molar-refractivity contribution in [1.82, 2.24) is 10.0 Å². The minimum Gasteiger partial charge on any atom is -0.487 e. The number of rotatable bonds is 10. The number of fused-ring (bicyclic) bond motifs is 4. The van der Waals surface area contributed by atoms with Crippen LogP contribution in [-0.4, -0.2) is 56.3 Å². The van der Waals surface area contributed by atoms with Crippen molar-refractivity contribution in [2.75, 3.05) is 13.2 Å². The van der Waals surface area contributed by atoms with E-state index in [-0.39, 0.29) is 42.8 Å². The lowest BCUT2D eigenvalue weighted by Crippen LogP contribution is -2.41. The largest absolute Gasteiger partial charge is 0.487 e. The third kappa shape index (κ3) is 6.53. The number of ether oxygens (including phenoxy) is 2. The van der Waals surface area contributed by atoms with Crippen molar-refractivity contribution in [2.45, 2.75) is 76.3 Å². The lowest BCUT2D eigenvalue weighted by Gasteiger charge is -2.19. The lowest BCUT2D eigenvalue weighted by molar-refractivity contribution is -0.139. The summed E-state index contributed by atoms with van der Waals surface area (Å²) < 4.78 is 40.7. The van der Waals surface area contributed by atoms with Crippen LogP contribution in [0.25, 0.3) is 11.1 Å². The first-order chi connectivity index (χ1) is 21.7. The van der Waals surface area contributed by atoms with Gasteiger partial charge in [-0.2, -0.15) is 0 Å². The molecule has 12 heteroatoms. The first-order valence-electron chi connectivity index (χ1n) is 15.2. The highest BCUT2D eigenvalue weighted by atomic mass is 32.2. The summed E-state index contributed by atoms with van der Waals surface area (Å²) >= 11 is 0. The number of amides is 1. The Kier molecular flexibility index (Phi) is 9.03. The van der Waals surface area contributed by atoms with Gasteiger partial charge in [0.25, 0.3) is 10.0 Å². The van der Waals surface area contributed by atoms with E-state index >= 15 is 0 Å². The molecule has 3 aromatic rings. The molecular formula is C34H40N4O7S. The standard InChI is InChI=1S/C34H40N4O7S/c1-19-20(2)30(21(3)26-17-34(4,5)45-29(19)26)46(42,43)38-32(35)36-16-10-15-28(31(39)40)37-33(41)44-18-27-24-13-8-6-11-22(24)23-12-7-9-14-25(23)27/h6-9,11-14,27-28H,10,15-18H2,1-5H3,(H,37,41)(H,39,40)(H3,35,36,38)/t28-/m0/s1/i10+1,15+1,16+1,28+1,31+1,32+1. The SMILES string of the molecule is Cc1c(C)c(S(=O)(=O)N[13C](N)=N[13CH2][13CH2][13CH2][13C@H](NC(=O)OCC2c3ccccc3-c3ccccc32)[13C](=O)O)c(C)c2c1OC(C)(C)C2. The number of carbonyl (C=O) groups excluding carboxylic acids is 1. The summed E-state index contributed by atoms with van der Waals surface area (Å²) in [6.07, 6.45) is -0.0165. The van der Waals surface area contributed by atoms with Crippen LogP contribution in [0.2, 0.25) is 0 Å². The fourth-order valence-electron chi connectivity index (χ4n) is 6.40. The van der Waals surface area contributed by atoms with Crippen molar-refractivity contribution >= 4 is 28.0 Å². The quantitative estimate of drug-likeness (QED) is 0.106. The number of guanidine groups is 1. The van der Waals surface area contributed by atoms with Crippen LogP contribution in [0.15, 0.2) is 58.4 Å². The van der Waals surface area contributed by atoms with Crippen molar-refractivity contribution in [3.63, 3.8) is 0 Å². The molecule has 5 N–H and O–H groups in total. The summed E-state index contributed by atoms with van der Waals surface area (Å²) in [4.78, 5) is 28.7. The van der Waals surface area contributed by atoms with E-state index in [9.17, 15) is 23.1 Å². The molecule has 0 unspecified atom stereocenters. The number of carboxylic acids is 1. The number of aliphatic imine (C=N–C) groups is 1. The molecule has 0 aromatic heterocycles. The van der Waals surface area contributed by atoms with E-state index in [1.54, 1.807) is 13.8 Å². The summed E-state index contributed by atoms with van der Waals surface area (Å²) in [6, 6.07) is 14.6. The van der Waals surface area contributed by atoms with E-state index in [2.05, 4.69) is 15.0 Å². The van der Waals surface area contributed by atoms with Crippen LogP contribution in [0.4, 0.5) is 4.79 Å². The molecule has 46 heavy (non-hydrogen) atoms. The molecule has 1 atom stereocenters. The van der Waals surface area contributed by atoms with Gasteiger partial charge in [-0.15, -0.1) is 0 Å². The summed E-state index contributed by atoms with van der Waals surface area (Å²) in [5.74, 6) is -0.975. The van der Waals surface area contributed by atoms with Crippen LogP contribution < -0.4 is 20.5 Å². The molecule has 0 radical (unpaired) electrons. The van der Waals surface area contributed by atoms with Crippen LogP contribution in [0.5, 0.6) is 5.75 Å². The lowest BCUT2D eigenvalue weighted by atomic mass is 9.94. The molecule has 0 bridgehead atoms. The van der Waals surface area contributed by atoms with E-state index < -0.39 is 33.7 Å². The molecule has 1 aliphatic heterocycles. The van der Waals surface area contributed by atoms with Crippen molar-refractivity contribution in [3.8, 4) is 16.9 Å². The number of aliphatic carboxylic acids is 1. The minimum absolute atomic E-state index is 0.0288. The molecule has 1 heterocycles. The van der Waals surface area contributed by atoms with Gasteiger partial charge in [-0.05, 0) is 86.4 Å². The summed E-state index contributed by atoms with van der Waals surface area (Å²) in [7, 11) is -4.06. The second kappa shape index (κ2) is 12.7. The van der Waals surface area contributed by atoms with Crippen LogP contribution in [-0.2, 0) is 26.0 Å². The Balaban J connectivity index is 1.16. The van der Waals surface area contributed by atoms with Gasteiger partial charge >= 0.3 is 12.1 Å². The fraction of sp³-hybridized carbons (Fsp3) is 0.382. The highest BCUT2D eigenvalue weighted by Crippen LogP contribution is 2.45. The Hall–Kier alpha value is -4.58. The maximum Gasteiger partial charge on any atom is 0.407 e. The molecule has 3 aromatic carbocycles. The van der Waals surface area contributed by atoms with Gasteiger partial charge in [-0.3, -0.25) is 4.99 Å². The molecule has 0 saturated heterocycles. The maximum atomic E-state index is 13.4. The number of nitrogens with one attached hydrogen (secondary N) is 2. The predicted molar refractivity (Wildman–Crippen MR) is 175 cm³/mol. The van der Waals surface area contributed by atoms with Gasteiger partial charge in [-0.25, -0.2) is 22.7 Å². The number of carbonyl (C=O) groups is 2. The number of carboxylic acid groups (broad SMARTS) is 1. The van der Waals surface area contributed by atoms with Crippen LogP contribution in [0, 0.1) is 20.8 Å². The molecule has 0 spiro atoms. The first kappa shape index (κ1) is 32.8. The second-order valence-electron chi connectivity index (χ2n) is 12.4. The fourth-order valence-corrected chi connectivity index (χ4v) is 7.93. The van der Waals surface area contributed by atoms with Gasteiger partial charge in [-0.1, -0.05) is 48.5 Å². The smallest absolute Gasteiger partial charge is 0.407 e.